The summed E-state index contributed by atoms with van der Waals surface area (Å²) in [6.45, 7) is 2.98. The Morgan fingerprint density at radius 3 is 2.72 bits per heavy atom. The zero-order chi connectivity index (χ0) is 20.5. The third-order valence-electron chi connectivity index (χ3n) is 6.00. The minimum atomic E-state index is -2.47. The van der Waals surface area contributed by atoms with Crippen LogP contribution < -0.4 is 5.32 Å². The van der Waals surface area contributed by atoms with Crippen LogP contribution in [0.4, 0.5) is 19.0 Å². The quantitative estimate of drug-likeness (QED) is 0.840. The highest BCUT2D eigenvalue weighted by Gasteiger charge is 2.38. The Morgan fingerprint density at radius 1 is 1.28 bits per heavy atom. The number of alkyl halides is 2. The van der Waals surface area contributed by atoms with Crippen molar-refractivity contribution in [1.29, 1.82) is 0 Å². The van der Waals surface area contributed by atoms with E-state index in [0.717, 1.165) is 18.5 Å². The first kappa shape index (κ1) is 19.8. The van der Waals surface area contributed by atoms with Crippen LogP contribution >= 0.6 is 0 Å². The van der Waals surface area contributed by atoms with Gasteiger partial charge in [0.2, 0.25) is 5.91 Å². The molecule has 1 amide bonds. The van der Waals surface area contributed by atoms with E-state index in [1.54, 1.807) is 30.0 Å². The summed E-state index contributed by atoms with van der Waals surface area (Å²) in [4.78, 5) is 14.3. The van der Waals surface area contributed by atoms with Gasteiger partial charge in [-0.3, -0.25) is 4.79 Å². The monoisotopic (exact) mass is 406 g/mol. The number of amides is 1. The van der Waals surface area contributed by atoms with Gasteiger partial charge in [-0.2, -0.15) is 5.10 Å². The summed E-state index contributed by atoms with van der Waals surface area (Å²) in [5.41, 5.74) is 1.38. The predicted molar refractivity (Wildman–Crippen MR) is 103 cm³/mol. The van der Waals surface area contributed by atoms with Gasteiger partial charge in [0, 0.05) is 25.2 Å². The van der Waals surface area contributed by atoms with Crippen LogP contribution in [0.2, 0.25) is 0 Å². The van der Waals surface area contributed by atoms with Gasteiger partial charge in [0.05, 0.1) is 12.1 Å². The molecular formula is C21H25F3N4O. The molecule has 8 heteroatoms. The summed E-state index contributed by atoms with van der Waals surface area (Å²) in [7, 11) is 0. The molecule has 2 aliphatic rings. The molecule has 2 atom stereocenters. The molecule has 1 N–H and O–H groups in total. The second-order valence-corrected chi connectivity index (χ2v) is 8.03. The molecule has 4 rings (SSSR count). The maximum absolute atomic E-state index is 13.6. The van der Waals surface area contributed by atoms with Crippen LogP contribution in [0.5, 0.6) is 0 Å². The molecule has 2 aliphatic heterocycles. The first-order valence-electron chi connectivity index (χ1n) is 10.0. The van der Waals surface area contributed by atoms with Crippen molar-refractivity contribution < 1.29 is 18.0 Å². The summed E-state index contributed by atoms with van der Waals surface area (Å²) in [6, 6.07) is 6.91. The van der Waals surface area contributed by atoms with Gasteiger partial charge in [0.15, 0.2) is 0 Å². The lowest BCUT2D eigenvalue weighted by molar-refractivity contribution is -0.131. The molecular weight excluding hydrogens is 381 g/mol. The Balaban J connectivity index is 1.36. The van der Waals surface area contributed by atoms with E-state index in [9.17, 15) is 18.0 Å². The third-order valence-corrected chi connectivity index (χ3v) is 6.00. The Hall–Kier alpha value is -2.51. The van der Waals surface area contributed by atoms with Gasteiger partial charge in [0.1, 0.15) is 17.7 Å². The molecule has 0 aliphatic carbocycles. The number of halogens is 3. The summed E-state index contributed by atoms with van der Waals surface area (Å²) in [5, 5.41) is 7.59. The largest absolute Gasteiger partial charge is 0.367 e. The van der Waals surface area contributed by atoms with Crippen molar-refractivity contribution in [3.8, 4) is 0 Å². The van der Waals surface area contributed by atoms with Crippen LogP contribution in [0.1, 0.15) is 36.6 Å². The van der Waals surface area contributed by atoms with E-state index in [1.807, 2.05) is 0 Å². The number of aromatic nitrogens is 2. The van der Waals surface area contributed by atoms with Gasteiger partial charge < -0.3 is 10.2 Å². The second kappa shape index (κ2) is 8.08. The Bertz CT molecular complexity index is 877. The van der Waals surface area contributed by atoms with Crippen molar-refractivity contribution in [3.63, 3.8) is 0 Å². The van der Waals surface area contributed by atoms with E-state index >= 15 is 0 Å². The minimum Gasteiger partial charge on any atom is -0.367 e. The standard InChI is InChI=1S/C21H25F3N4O/c1-13-9-19-25-17(12-18(21(23)24)28(19)26-13)15-5-7-27(8-6-15)20(29)11-14-3-2-4-16(22)10-14/h2-4,9-10,15,17-18,21,25H,5-8,11-12H2,1H3/t17-,18+/m0/s1. The number of likely N-dealkylation sites (tertiary alicyclic amines) is 1. The third kappa shape index (κ3) is 4.26. The summed E-state index contributed by atoms with van der Waals surface area (Å²) in [6.07, 6.45) is -0.444. The molecule has 0 bridgehead atoms. The Kier molecular flexibility index (Phi) is 5.52. The van der Waals surface area contributed by atoms with Crippen molar-refractivity contribution in [2.24, 2.45) is 5.92 Å². The molecule has 0 unspecified atom stereocenters. The number of hydrogen-bond acceptors (Lipinski definition) is 3. The first-order chi connectivity index (χ1) is 13.9. The number of benzene rings is 1. The molecule has 156 valence electrons. The lowest BCUT2D eigenvalue weighted by atomic mass is 9.85. The number of hydrogen-bond donors (Lipinski definition) is 1. The van der Waals surface area contributed by atoms with Gasteiger partial charge >= 0.3 is 0 Å². The topological polar surface area (TPSA) is 50.2 Å². The minimum absolute atomic E-state index is 0.0233. The fraction of sp³-hybridized carbons (Fsp3) is 0.524. The average Bonchev–Trinajstić information content (AvgIpc) is 3.07. The van der Waals surface area contributed by atoms with Crippen molar-refractivity contribution in [3.05, 3.63) is 47.4 Å². The maximum atomic E-state index is 13.6. The molecule has 29 heavy (non-hydrogen) atoms. The van der Waals surface area contributed by atoms with E-state index < -0.39 is 12.5 Å². The fourth-order valence-electron chi connectivity index (χ4n) is 4.49. The Morgan fingerprint density at radius 2 is 2.03 bits per heavy atom. The molecule has 1 fully saturated rings. The van der Waals surface area contributed by atoms with Crippen LogP contribution in [0.3, 0.4) is 0 Å². The second-order valence-electron chi connectivity index (χ2n) is 8.03. The molecule has 1 aromatic heterocycles. The van der Waals surface area contributed by atoms with Crippen LogP contribution in [-0.2, 0) is 11.2 Å². The number of fused-ring (bicyclic) bond motifs is 1. The summed E-state index contributed by atoms with van der Waals surface area (Å²) in [5.74, 6) is 0.498. The van der Waals surface area contributed by atoms with Crippen molar-refractivity contribution in [2.75, 3.05) is 18.4 Å². The fourth-order valence-corrected chi connectivity index (χ4v) is 4.49. The number of anilines is 1. The van der Waals surface area contributed by atoms with E-state index in [2.05, 4.69) is 10.4 Å². The SMILES string of the molecule is Cc1cc2n(n1)[C@@H](C(F)F)C[C@@H](C1CCN(C(=O)Cc3cccc(F)c3)CC1)N2. The lowest BCUT2D eigenvalue weighted by Crippen LogP contribution is -2.46. The molecule has 0 spiro atoms. The molecule has 5 nitrogen and oxygen atoms in total. The molecule has 2 aromatic rings. The van der Waals surface area contributed by atoms with Gasteiger partial charge in [0.25, 0.3) is 6.43 Å². The number of nitrogens with zero attached hydrogens (tertiary/aromatic N) is 3. The van der Waals surface area contributed by atoms with E-state index in [0.29, 0.717) is 30.9 Å². The summed E-state index contributed by atoms with van der Waals surface area (Å²) >= 11 is 0. The lowest BCUT2D eigenvalue weighted by Gasteiger charge is -2.40. The highest BCUT2D eigenvalue weighted by atomic mass is 19.3. The smallest absolute Gasteiger partial charge is 0.260 e. The van der Waals surface area contributed by atoms with Crippen LogP contribution in [0, 0.1) is 18.7 Å². The number of carbonyl (C=O) groups is 1. The van der Waals surface area contributed by atoms with Gasteiger partial charge in [-0.05, 0) is 49.8 Å². The number of rotatable bonds is 4. The van der Waals surface area contributed by atoms with Gasteiger partial charge in [-0.15, -0.1) is 0 Å². The van der Waals surface area contributed by atoms with E-state index in [4.69, 9.17) is 0 Å². The number of piperidine rings is 1. The zero-order valence-electron chi connectivity index (χ0n) is 16.3. The number of aryl methyl sites for hydroxylation is 1. The van der Waals surface area contributed by atoms with Crippen molar-refractivity contribution in [2.45, 2.75) is 51.1 Å². The molecule has 0 saturated carbocycles. The van der Waals surface area contributed by atoms with E-state index in [1.165, 1.54) is 16.8 Å². The predicted octanol–water partition coefficient (Wildman–Crippen LogP) is 3.80. The summed E-state index contributed by atoms with van der Waals surface area (Å²) < 4.78 is 41.9. The molecule has 1 aromatic carbocycles. The molecule has 3 heterocycles. The van der Waals surface area contributed by atoms with Crippen LogP contribution in [-0.4, -0.2) is 46.1 Å². The normalized spacial score (nSPS) is 22.4. The van der Waals surface area contributed by atoms with Crippen LogP contribution in [0.15, 0.2) is 30.3 Å². The molecule has 1 saturated heterocycles. The van der Waals surface area contributed by atoms with E-state index in [-0.39, 0.29) is 30.1 Å². The zero-order valence-corrected chi connectivity index (χ0v) is 16.3. The maximum Gasteiger partial charge on any atom is 0.260 e. The first-order valence-corrected chi connectivity index (χ1v) is 10.0. The highest BCUT2D eigenvalue weighted by Crippen LogP contribution is 2.36. The highest BCUT2D eigenvalue weighted by molar-refractivity contribution is 5.78. The number of nitrogens with one attached hydrogen (secondary N) is 1. The molecule has 0 radical (unpaired) electrons. The number of carbonyl (C=O) groups excluding carboxylic acids is 1. The average molecular weight is 406 g/mol. The van der Waals surface area contributed by atoms with Crippen molar-refractivity contribution >= 4 is 11.7 Å². The van der Waals surface area contributed by atoms with Crippen LogP contribution in [0.25, 0.3) is 0 Å². The van der Waals surface area contributed by atoms with Gasteiger partial charge in [-0.25, -0.2) is 17.9 Å². The van der Waals surface area contributed by atoms with Gasteiger partial charge in [-0.1, -0.05) is 12.1 Å². The Labute approximate surface area is 167 Å². The van der Waals surface area contributed by atoms with Crippen molar-refractivity contribution in [1.82, 2.24) is 14.7 Å².